The smallest absolute Gasteiger partial charge is 0.330 e. The summed E-state index contributed by atoms with van der Waals surface area (Å²) in [5, 5.41) is 0. The van der Waals surface area contributed by atoms with Crippen LogP contribution in [0, 0.1) is 5.82 Å². The lowest BCUT2D eigenvalue weighted by molar-refractivity contribution is -0.137. The van der Waals surface area contributed by atoms with Gasteiger partial charge in [-0.2, -0.15) is 0 Å². The van der Waals surface area contributed by atoms with Crippen molar-refractivity contribution in [2.24, 2.45) is 0 Å². The predicted octanol–water partition coefficient (Wildman–Crippen LogP) is 2.96. The van der Waals surface area contributed by atoms with Crippen LogP contribution < -0.4 is 0 Å². The van der Waals surface area contributed by atoms with Crippen LogP contribution in [0.1, 0.15) is 12.5 Å². The molecule has 0 N–H and O–H groups in total. The van der Waals surface area contributed by atoms with Crippen LogP contribution in [-0.2, 0) is 9.53 Å². The zero-order valence-electron chi connectivity index (χ0n) is 9.02. The molecule has 1 rings (SSSR count). The molecule has 0 fully saturated rings. The van der Waals surface area contributed by atoms with E-state index < -0.39 is 5.97 Å². The molecule has 0 aromatic heterocycles. The highest BCUT2D eigenvalue weighted by Gasteiger charge is 1.94. The molecule has 0 radical (unpaired) electrons. The number of hydrogen-bond acceptors (Lipinski definition) is 2. The Bertz CT molecular complexity index is 408. The van der Waals surface area contributed by atoms with Crippen molar-refractivity contribution >= 4 is 12.0 Å². The van der Waals surface area contributed by atoms with Crippen molar-refractivity contribution in [2.75, 3.05) is 6.61 Å². The quantitative estimate of drug-likeness (QED) is 0.443. The summed E-state index contributed by atoms with van der Waals surface area (Å²) in [5.41, 5.74) is 0.482. The standard InChI is InChI=1S/C13H13FO2/c1-2-16-13(15)10-6-4-8-11-7-3-5-9-12(11)14/h3-10H,2H2,1H3. The van der Waals surface area contributed by atoms with E-state index in [-0.39, 0.29) is 5.82 Å². The van der Waals surface area contributed by atoms with Gasteiger partial charge in [-0.15, -0.1) is 0 Å². The van der Waals surface area contributed by atoms with E-state index in [9.17, 15) is 9.18 Å². The number of benzene rings is 1. The van der Waals surface area contributed by atoms with Gasteiger partial charge in [0.05, 0.1) is 6.61 Å². The molecule has 0 spiro atoms. The maximum Gasteiger partial charge on any atom is 0.330 e. The number of esters is 1. The van der Waals surface area contributed by atoms with Crippen molar-refractivity contribution in [1.82, 2.24) is 0 Å². The van der Waals surface area contributed by atoms with E-state index in [1.165, 1.54) is 18.2 Å². The first-order chi connectivity index (χ1) is 7.74. The third kappa shape index (κ3) is 4.09. The topological polar surface area (TPSA) is 26.3 Å². The average Bonchev–Trinajstić information content (AvgIpc) is 2.27. The van der Waals surface area contributed by atoms with Crippen molar-refractivity contribution in [1.29, 1.82) is 0 Å². The third-order valence-corrected chi connectivity index (χ3v) is 1.81. The van der Waals surface area contributed by atoms with Crippen molar-refractivity contribution in [3.05, 3.63) is 53.9 Å². The molecule has 0 aliphatic rings. The zero-order chi connectivity index (χ0) is 11.8. The highest BCUT2D eigenvalue weighted by molar-refractivity contribution is 5.82. The van der Waals surface area contributed by atoms with Gasteiger partial charge in [0.15, 0.2) is 0 Å². The number of carbonyl (C=O) groups is 1. The molecule has 0 amide bonds. The summed E-state index contributed by atoms with van der Waals surface area (Å²) in [6, 6.07) is 6.41. The zero-order valence-corrected chi connectivity index (χ0v) is 9.02. The van der Waals surface area contributed by atoms with E-state index in [1.54, 1.807) is 37.3 Å². The molecule has 0 saturated heterocycles. The van der Waals surface area contributed by atoms with Crippen LogP contribution in [0.25, 0.3) is 6.08 Å². The molecule has 0 aliphatic carbocycles. The Hall–Kier alpha value is -1.90. The Morgan fingerprint density at radius 3 is 2.81 bits per heavy atom. The number of hydrogen-bond donors (Lipinski definition) is 0. The lowest BCUT2D eigenvalue weighted by Gasteiger charge is -1.94. The first-order valence-corrected chi connectivity index (χ1v) is 5.00. The minimum absolute atomic E-state index is 0.289. The number of allylic oxidation sites excluding steroid dienone is 2. The summed E-state index contributed by atoms with van der Waals surface area (Å²) < 4.78 is 17.8. The molecule has 0 saturated carbocycles. The minimum Gasteiger partial charge on any atom is -0.463 e. The second-order valence-electron chi connectivity index (χ2n) is 2.99. The van der Waals surface area contributed by atoms with Gasteiger partial charge >= 0.3 is 5.97 Å². The Balaban J connectivity index is 2.55. The Labute approximate surface area is 94.0 Å². The van der Waals surface area contributed by atoms with Crippen LogP contribution in [0.2, 0.25) is 0 Å². The van der Waals surface area contributed by atoms with Crippen molar-refractivity contribution in [3.63, 3.8) is 0 Å². The normalized spacial score (nSPS) is 11.1. The molecule has 3 heteroatoms. The maximum atomic E-state index is 13.1. The number of halogens is 1. The van der Waals surface area contributed by atoms with Gasteiger partial charge in [-0.1, -0.05) is 36.4 Å². The van der Waals surface area contributed by atoms with E-state index in [1.807, 2.05) is 0 Å². The molecule has 16 heavy (non-hydrogen) atoms. The molecule has 0 bridgehead atoms. The summed E-state index contributed by atoms with van der Waals surface area (Å²) in [5.74, 6) is -0.691. The predicted molar refractivity (Wildman–Crippen MR) is 61.2 cm³/mol. The van der Waals surface area contributed by atoms with Gasteiger partial charge < -0.3 is 4.74 Å². The van der Waals surface area contributed by atoms with E-state index in [4.69, 9.17) is 0 Å². The van der Waals surface area contributed by atoms with Gasteiger partial charge in [0.2, 0.25) is 0 Å². The molecule has 1 aromatic carbocycles. The maximum absolute atomic E-state index is 13.1. The highest BCUT2D eigenvalue weighted by Crippen LogP contribution is 2.07. The second kappa shape index (κ2) is 6.56. The molecule has 2 nitrogen and oxygen atoms in total. The van der Waals surface area contributed by atoms with Crippen LogP contribution in [-0.4, -0.2) is 12.6 Å². The van der Waals surface area contributed by atoms with Gasteiger partial charge in [-0.05, 0) is 13.0 Å². The van der Waals surface area contributed by atoms with Crippen LogP contribution in [0.5, 0.6) is 0 Å². The van der Waals surface area contributed by atoms with Crippen molar-refractivity contribution in [2.45, 2.75) is 6.92 Å². The van der Waals surface area contributed by atoms with E-state index in [0.717, 1.165) is 0 Å². The molecule has 84 valence electrons. The van der Waals surface area contributed by atoms with Crippen molar-refractivity contribution in [3.8, 4) is 0 Å². The fourth-order valence-corrected chi connectivity index (χ4v) is 1.09. The Kier molecular flexibility index (Phi) is 4.99. The summed E-state index contributed by atoms with van der Waals surface area (Å²) in [6.07, 6.45) is 5.99. The van der Waals surface area contributed by atoms with Gasteiger partial charge in [-0.3, -0.25) is 0 Å². The van der Waals surface area contributed by atoms with Gasteiger partial charge in [0.1, 0.15) is 5.82 Å². The van der Waals surface area contributed by atoms with E-state index in [0.29, 0.717) is 12.2 Å². The van der Waals surface area contributed by atoms with Gasteiger partial charge in [-0.25, -0.2) is 9.18 Å². The van der Waals surface area contributed by atoms with Gasteiger partial charge in [0, 0.05) is 11.6 Å². The summed E-state index contributed by atoms with van der Waals surface area (Å²) in [4.78, 5) is 10.9. The summed E-state index contributed by atoms with van der Waals surface area (Å²) >= 11 is 0. The molecular formula is C13H13FO2. The molecule has 1 aromatic rings. The van der Waals surface area contributed by atoms with Crippen molar-refractivity contribution < 1.29 is 13.9 Å². The average molecular weight is 220 g/mol. The van der Waals surface area contributed by atoms with Crippen LogP contribution in [0.3, 0.4) is 0 Å². The fourth-order valence-electron chi connectivity index (χ4n) is 1.09. The first kappa shape index (κ1) is 12.2. The Morgan fingerprint density at radius 1 is 1.38 bits per heavy atom. The van der Waals surface area contributed by atoms with Crippen LogP contribution in [0.15, 0.2) is 42.5 Å². The number of carbonyl (C=O) groups excluding carboxylic acids is 1. The second-order valence-corrected chi connectivity index (χ2v) is 2.99. The first-order valence-electron chi connectivity index (χ1n) is 5.00. The lowest BCUT2D eigenvalue weighted by atomic mass is 10.2. The lowest BCUT2D eigenvalue weighted by Crippen LogP contribution is -1.98. The molecule has 0 atom stereocenters. The monoisotopic (exact) mass is 220 g/mol. The minimum atomic E-state index is -0.402. The largest absolute Gasteiger partial charge is 0.463 e. The number of ether oxygens (including phenoxy) is 1. The summed E-state index contributed by atoms with van der Waals surface area (Å²) in [7, 11) is 0. The highest BCUT2D eigenvalue weighted by atomic mass is 19.1. The molecule has 0 unspecified atom stereocenters. The van der Waals surface area contributed by atoms with Gasteiger partial charge in [0.25, 0.3) is 0 Å². The Morgan fingerprint density at radius 2 is 2.12 bits per heavy atom. The fraction of sp³-hybridized carbons (Fsp3) is 0.154. The van der Waals surface area contributed by atoms with Crippen LogP contribution in [0.4, 0.5) is 4.39 Å². The SMILES string of the molecule is CCOC(=O)C=CC=Cc1ccccc1F. The van der Waals surface area contributed by atoms with Crippen LogP contribution >= 0.6 is 0 Å². The van der Waals surface area contributed by atoms with E-state index >= 15 is 0 Å². The third-order valence-electron chi connectivity index (χ3n) is 1.81. The van der Waals surface area contributed by atoms with E-state index in [2.05, 4.69) is 4.74 Å². The molecular weight excluding hydrogens is 207 g/mol. The molecule has 0 heterocycles. The number of rotatable bonds is 4. The molecule has 0 aliphatic heterocycles. The summed E-state index contributed by atoms with van der Waals surface area (Å²) in [6.45, 7) is 2.08.